The number of amides is 1. The Kier molecular flexibility index (Phi) is 6.93. The van der Waals surface area contributed by atoms with E-state index in [0.717, 1.165) is 18.0 Å². The van der Waals surface area contributed by atoms with Gasteiger partial charge in [0.2, 0.25) is 0 Å². The average molecular weight is 359 g/mol. The van der Waals surface area contributed by atoms with Crippen LogP contribution in [0.5, 0.6) is 0 Å². The maximum atomic E-state index is 11.5. The van der Waals surface area contributed by atoms with Gasteiger partial charge in [-0.1, -0.05) is 11.8 Å². The van der Waals surface area contributed by atoms with E-state index in [2.05, 4.69) is 15.3 Å². The number of rotatable bonds is 6. The molecule has 1 heterocycles. The van der Waals surface area contributed by atoms with Crippen molar-refractivity contribution < 1.29 is 29.6 Å². The van der Waals surface area contributed by atoms with E-state index in [-0.39, 0.29) is 17.3 Å². The molecule has 10 heteroatoms. The second-order valence-electron chi connectivity index (χ2n) is 5.86. The summed E-state index contributed by atoms with van der Waals surface area (Å²) in [6.45, 7) is 4.71. The van der Waals surface area contributed by atoms with Crippen molar-refractivity contribution in [1.82, 2.24) is 15.3 Å². The van der Waals surface area contributed by atoms with Gasteiger partial charge in [-0.15, -0.1) is 0 Å². The van der Waals surface area contributed by atoms with Crippen molar-refractivity contribution in [3.8, 4) is 0 Å². The molecule has 0 saturated heterocycles. The summed E-state index contributed by atoms with van der Waals surface area (Å²) in [5.41, 5.74) is -1.25. The van der Waals surface area contributed by atoms with Gasteiger partial charge in [0, 0.05) is 18.3 Å². The molecule has 1 aromatic heterocycles. The van der Waals surface area contributed by atoms with Crippen molar-refractivity contribution in [2.24, 2.45) is 0 Å². The normalized spacial score (nSPS) is 13.9. The van der Waals surface area contributed by atoms with Crippen LogP contribution in [0.4, 0.5) is 4.79 Å². The lowest BCUT2D eigenvalue weighted by atomic mass is 10.0. The number of carbonyl (C=O) groups excluding carboxylic acids is 1. The molecule has 9 nitrogen and oxygen atoms in total. The minimum atomic E-state index is -1.58. The van der Waals surface area contributed by atoms with Crippen LogP contribution in [-0.2, 0) is 4.74 Å². The Morgan fingerprint density at radius 2 is 2.00 bits per heavy atom. The van der Waals surface area contributed by atoms with Crippen molar-refractivity contribution in [2.45, 2.75) is 43.7 Å². The quantitative estimate of drug-likeness (QED) is 0.429. The highest BCUT2D eigenvalue weighted by atomic mass is 32.2. The van der Waals surface area contributed by atoms with E-state index < -0.39 is 35.6 Å². The molecule has 1 rings (SSSR count). The summed E-state index contributed by atoms with van der Waals surface area (Å²) in [6, 6.07) is 0. The van der Waals surface area contributed by atoms with Gasteiger partial charge in [0.1, 0.15) is 17.8 Å². The fourth-order valence-electron chi connectivity index (χ4n) is 1.68. The van der Waals surface area contributed by atoms with Gasteiger partial charge in [-0.2, -0.15) is 0 Å². The zero-order chi connectivity index (χ0) is 18.5. The number of nitrogens with one attached hydrogen (secondary N) is 1. The van der Waals surface area contributed by atoms with E-state index >= 15 is 0 Å². The highest BCUT2D eigenvalue weighted by molar-refractivity contribution is 7.98. The maximum absolute atomic E-state index is 11.5. The van der Waals surface area contributed by atoms with Crippen LogP contribution in [0.25, 0.3) is 0 Å². The fraction of sp³-hybridized carbons (Fsp3) is 0.571. The molecule has 0 spiro atoms. The lowest BCUT2D eigenvalue weighted by molar-refractivity contribution is 0.0116. The SMILES string of the molecule is CSc1ncc(C(O)C(O)CNC(=O)OC(C)(C)C)c(C(=O)O)n1. The number of alkyl carbamates (subject to hydrolysis) is 1. The molecule has 1 aromatic rings. The fourth-order valence-corrected chi connectivity index (χ4v) is 2.02. The number of aromatic nitrogens is 2. The number of aromatic carboxylic acids is 1. The molecule has 1 amide bonds. The Labute approximate surface area is 143 Å². The summed E-state index contributed by atoms with van der Waals surface area (Å²) < 4.78 is 5.00. The van der Waals surface area contributed by atoms with Crippen molar-refractivity contribution in [3.63, 3.8) is 0 Å². The second-order valence-corrected chi connectivity index (χ2v) is 6.63. The Morgan fingerprint density at radius 3 is 2.50 bits per heavy atom. The molecule has 134 valence electrons. The van der Waals surface area contributed by atoms with E-state index in [1.54, 1.807) is 27.0 Å². The molecule has 0 fully saturated rings. The summed E-state index contributed by atoms with van der Waals surface area (Å²) in [5.74, 6) is -1.35. The predicted octanol–water partition coefficient (Wildman–Crippen LogP) is 0.816. The van der Waals surface area contributed by atoms with Gasteiger partial charge in [-0.25, -0.2) is 19.6 Å². The zero-order valence-corrected chi connectivity index (χ0v) is 14.6. The Balaban J connectivity index is 2.80. The largest absolute Gasteiger partial charge is 0.476 e. The van der Waals surface area contributed by atoms with E-state index in [1.807, 2.05) is 0 Å². The van der Waals surface area contributed by atoms with Gasteiger partial charge in [0.15, 0.2) is 10.9 Å². The molecular formula is C14H21N3O6S. The first-order valence-corrected chi connectivity index (χ1v) is 8.25. The number of nitrogens with zero attached hydrogens (tertiary/aromatic N) is 2. The summed E-state index contributed by atoms with van der Waals surface area (Å²) in [7, 11) is 0. The number of thioether (sulfide) groups is 1. The summed E-state index contributed by atoms with van der Waals surface area (Å²) >= 11 is 1.15. The number of aliphatic hydroxyl groups excluding tert-OH is 2. The highest BCUT2D eigenvalue weighted by Gasteiger charge is 2.27. The van der Waals surface area contributed by atoms with Crippen molar-refractivity contribution in [2.75, 3.05) is 12.8 Å². The first kappa shape index (κ1) is 20.1. The topological polar surface area (TPSA) is 142 Å². The van der Waals surface area contributed by atoms with Crippen LogP contribution in [0.15, 0.2) is 11.4 Å². The molecular weight excluding hydrogens is 338 g/mol. The number of carboxylic acid groups (broad SMARTS) is 1. The number of aliphatic hydroxyl groups is 2. The number of hydrogen-bond donors (Lipinski definition) is 4. The van der Waals surface area contributed by atoms with Crippen LogP contribution in [0, 0.1) is 0 Å². The van der Waals surface area contributed by atoms with Gasteiger partial charge in [-0.3, -0.25) is 0 Å². The summed E-state index contributed by atoms with van der Waals surface area (Å²) in [6.07, 6.45) is -0.984. The molecule has 0 radical (unpaired) electrons. The standard InChI is InChI=1S/C14H21N3O6S/c1-14(2,3)23-13(22)16-6-8(18)10(19)7-5-15-12(24-4)17-9(7)11(20)21/h5,8,10,18-19H,6H2,1-4H3,(H,16,22)(H,20,21). The first-order chi connectivity index (χ1) is 11.0. The maximum Gasteiger partial charge on any atom is 0.407 e. The van der Waals surface area contributed by atoms with Crippen LogP contribution in [-0.4, -0.2) is 61.9 Å². The van der Waals surface area contributed by atoms with Gasteiger partial charge >= 0.3 is 12.1 Å². The number of hydrogen-bond acceptors (Lipinski definition) is 8. The van der Waals surface area contributed by atoms with Crippen molar-refractivity contribution in [1.29, 1.82) is 0 Å². The van der Waals surface area contributed by atoms with Gasteiger partial charge < -0.3 is 25.4 Å². The zero-order valence-electron chi connectivity index (χ0n) is 13.8. The molecule has 2 unspecified atom stereocenters. The lowest BCUT2D eigenvalue weighted by Gasteiger charge is -2.22. The molecule has 0 bridgehead atoms. The second kappa shape index (κ2) is 8.27. The van der Waals surface area contributed by atoms with Crippen LogP contribution >= 0.6 is 11.8 Å². The molecule has 24 heavy (non-hydrogen) atoms. The highest BCUT2D eigenvalue weighted by Crippen LogP contribution is 2.21. The Hall–Kier alpha value is -1.91. The third kappa shape index (κ3) is 5.95. The van der Waals surface area contributed by atoms with Crippen molar-refractivity contribution >= 4 is 23.8 Å². The predicted molar refractivity (Wildman–Crippen MR) is 86.0 cm³/mol. The van der Waals surface area contributed by atoms with Gasteiger partial charge in [-0.05, 0) is 27.0 Å². The minimum Gasteiger partial charge on any atom is -0.476 e. The lowest BCUT2D eigenvalue weighted by Crippen LogP contribution is -2.39. The Morgan fingerprint density at radius 1 is 1.38 bits per heavy atom. The Bertz CT molecular complexity index is 605. The minimum absolute atomic E-state index is 0.140. The van der Waals surface area contributed by atoms with Gasteiger partial charge in [0.25, 0.3) is 0 Å². The molecule has 0 aliphatic carbocycles. The van der Waals surface area contributed by atoms with Crippen LogP contribution < -0.4 is 5.32 Å². The molecule has 0 aromatic carbocycles. The number of ether oxygens (including phenoxy) is 1. The van der Waals surface area contributed by atoms with Gasteiger partial charge in [0.05, 0.1) is 0 Å². The number of carboxylic acids is 1. The molecule has 4 N–H and O–H groups in total. The third-order valence-electron chi connectivity index (χ3n) is 2.72. The average Bonchev–Trinajstić information content (AvgIpc) is 2.49. The van der Waals surface area contributed by atoms with E-state index in [9.17, 15) is 24.9 Å². The van der Waals surface area contributed by atoms with E-state index in [4.69, 9.17) is 4.74 Å². The smallest absolute Gasteiger partial charge is 0.407 e. The molecule has 0 saturated carbocycles. The van der Waals surface area contributed by atoms with Crippen molar-refractivity contribution in [3.05, 3.63) is 17.5 Å². The van der Waals surface area contributed by atoms with Crippen LogP contribution in [0.3, 0.4) is 0 Å². The molecule has 2 atom stereocenters. The van der Waals surface area contributed by atoms with Crippen LogP contribution in [0.2, 0.25) is 0 Å². The third-order valence-corrected chi connectivity index (χ3v) is 3.28. The summed E-state index contributed by atoms with van der Waals surface area (Å²) in [5, 5.41) is 31.8. The number of carbonyl (C=O) groups is 2. The molecule has 0 aliphatic rings. The van der Waals surface area contributed by atoms with Crippen LogP contribution in [0.1, 0.15) is 42.9 Å². The van der Waals surface area contributed by atoms with E-state index in [1.165, 1.54) is 0 Å². The first-order valence-electron chi connectivity index (χ1n) is 7.02. The monoisotopic (exact) mass is 359 g/mol. The molecule has 0 aliphatic heterocycles. The van der Waals surface area contributed by atoms with E-state index in [0.29, 0.717) is 0 Å². The summed E-state index contributed by atoms with van der Waals surface area (Å²) in [4.78, 5) is 30.5.